The van der Waals surface area contributed by atoms with E-state index in [1.165, 1.54) is 0 Å². The van der Waals surface area contributed by atoms with Gasteiger partial charge in [0.2, 0.25) is 11.8 Å². The lowest BCUT2D eigenvalue weighted by molar-refractivity contribution is -0.137. The standard InChI is InChI=1S/C16H29N3O4/c1-16(2,3)11-19-10-4-5-12(19)15(23)18-8-6-13(20)17-9-7-14(21)22/h12H,4-11H2,1-3H3,(H,17,20)(H,18,23)(H,21,22). The Morgan fingerprint density at radius 1 is 1.13 bits per heavy atom. The van der Waals surface area contributed by atoms with Gasteiger partial charge in [-0.1, -0.05) is 20.8 Å². The molecule has 0 aromatic rings. The molecule has 132 valence electrons. The molecular formula is C16H29N3O4. The number of amides is 2. The molecule has 0 bridgehead atoms. The van der Waals surface area contributed by atoms with Gasteiger partial charge in [0.15, 0.2) is 0 Å². The summed E-state index contributed by atoms with van der Waals surface area (Å²) in [5.74, 6) is -1.21. The highest BCUT2D eigenvalue weighted by Gasteiger charge is 2.32. The van der Waals surface area contributed by atoms with Gasteiger partial charge in [-0.05, 0) is 24.8 Å². The van der Waals surface area contributed by atoms with Gasteiger partial charge in [0.25, 0.3) is 0 Å². The predicted octanol–water partition coefficient (Wildman–Crippen LogP) is 0.594. The van der Waals surface area contributed by atoms with Crippen molar-refractivity contribution in [3.8, 4) is 0 Å². The lowest BCUT2D eigenvalue weighted by atomic mass is 9.95. The number of carboxylic acid groups (broad SMARTS) is 1. The van der Waals surface area contributed by atoms with Gasteiger partial charge in [-0.25, -0.2) is 0 Å². The molecule has 1 atom stereocenters. The Balaban J connectivity index is 2.27. The normalized spacial score (nSPS) is 18.7. The van der Waals surface area contributed by atoms with E-state index in [2.05, 4.69) is 36.3 Å². The minimum atomic E-state index is -0.946. The molecule has 23 heavy (non-hydrogen) atoms. The molecule has 1 aliphatic heterocycles. The van der Waals surface area contributed by atoms with E-state index in [9.17, 15) is 14.4 Å². The van der Waals surface area contributed by atoms with E-state index in [1.54, 1.807) is 0 Å². The average Bonchev–Trinajstić information content (AvgIpc) is 2.84. The molecular weight excluding hydrogens is 298 g/mol. The lowest BCUT2D eigenvalue weighted by Crippen LogP contribution is -2.46. The number of carbonyl (C=O) groups excluding carboxylic acids is 2. The SMILES string of the molecule is CC(C)(C)CN1CCCC1C(=O)NCCC(=O)NCCC(=O)O. The number of hydrogen-bond donors (Lipinski definition) is 3. The summed E-state index contributed by atoms with van der Waals surface area (Å²) in [6.07, 6.45) is 1.94. The van der Waals surface area contributed by atoms with E-state index in [0.717, 1.165) is 25.9 Å². The fraction of sp³-hybridized carbons (Fsp3) is 0.812. The van der Waals surface area contributed by atoms with Crippen LogP contribution in [0.15, 0.2) is 0 Å². The summed E-state index contributed by atoms with van der Waals surface area (Å²) in [5.41, 5.74) is 0.146. The molecule has 1 saturated heterocycles. The van der Waals surface area contributed by atoms with Gasteiger partial charge in [0.05, 0.1) is 12.5 Å². The van der Waals surface area contributed by atoms with Crippen molar-refractivity contribution in [1.29, 1.82) is 0 Å². The smallest absolute Gasteiger partial charge is 0.305 e. The van der Waals surface area contributed by atoms with E-state index >= 15 is 0 Å². The highest BCUT2D eigenvalue weighted by atomic mass is 16.4. The summed E-state index contributed by atoms with van der Waals surface area (Å²) in [7, 11) is 0. The summed E-state index contributed by atoms with van der Waals surface area (Å²) < 4.78 is 0. The molecule has 0 aromatic heterocycles. The van der Waals surface area contributed by atoms with Gasteiger partial charge in [-0.15, -0.1) is 0 Å². The molecule has 3 N–H and O–H groups in total. The van der Waals surface area contributed by atoms with Crippen molar-refractivity contribution >= 4 is 17.8 Å². The molecule has 0 saturated carbocycles. The van der Waals surface area contributed by atoms with Crippen LogP contribution >= 0.6 is 0 Å². The highest BCUT2D eigenvalue weighted by Crippen LogP contribution is 2.23. The molecule has 1 aliphatic rings. The largest absolute Gasteiger partial charge is 0.481 e. The molecule has 2 amide bonds. The maximum Gasteiger partial charge on any atom is 0.305 e. The third-order valence-electron chi connectivity index (χ3n) is 3.66. The van der Waals surface area contributed by atoms with Crippen molar-refractivity contribution in [3.63, 3.8) is 0 Å². The van der Waals surface area contributed by atoms with Crippen LogP contribution in [0.2, 0.25) is 0 Å². The number of carbonyl (C=O) groups is 3. The number of hydrogen-bond acceptors (Lipinski definition) is 4. The van der Waals surface area contributed by atoms with Crippen molar-refractivity contribution in [2.45, 2.75) is 52.5 Å². The molecule has 0 aromatic carbocycles. The Morgan fingerprint density at radius 3 is 2.39 bits per heavy atom. The summed E-state index contributed by atoms with van der Waals surface area (Å²) >= 11 is 0. The summed E-state index contributed by atoms with van der Waals surface area (Å²) in [6, 6.07) is -0.107. The third-order valence-corrected chi connectivity index (χ3v) is 3.66. The molecule has 0 radical (unpaired) electrons. The summed E-state index contributed by atoms with van der Waals surface area (Å²) in [6.45, 7) is 8.67. The zero-order valence-corrected chi connectivity index (χ0v) is 14.4. The molecule has 7 nitrogen and oxygen atoms in total. The van der Waals surface area contributed by atoms with Gasteiger partial charge < -0.3 is 15.7 Å². The van der Waals surface area contributed by atoms with E-state index in [1.807, 2.05) is 0 Å². The predicted molar refractivity (Wildman–Crippen MR) is 86.9 cm³/mol. The van der Waals surface area contributed by atoms with Gasteiger partial charge in [0.1, 0.15) is 0 Å². The Bertz CT molecular complexity index is 432. The number of carboxylic acids is 1. The maximum absolute atomic E-state index is 12.3. The second kappa shape index (κ2) is 8.86. The van der Waals surface area contributed by atoms with Crippen molar-refractivity contribution in [2.24, 2.45) is 5.41 Å². The zero-order valence-electron chi connectivity index (χ0n) is 14.4. The topological polar surface area (TPSA) is 98.7 Å². The van der Waals surface area contributed by atoms with Crippen LogP contribution in [0.3, 0.4) is 0 Å². The van der Waals surface area contributed by atoms with E-state index in [-0.39, 0.29) is 49.2 Å². The minimum absolute atomic E-state index is 0.0231. The van der Waals surface area contributed by atoms with Gasteiger partial charge in [-0.3, -0.25) is 19.3 Å². The van der Waals surface area contributed by atoms with Gasteiger partial charge >= 0.3 is 5.97 Å². The first kappa shape index (κ1) is 19.4. The van der Waals surface area contributed by atoms with Crippen molar-refractivity contribution in [3.05, 3.63) is 0 Å². The summed E-state index contributed by atoms with van der Waals surface area (Å²) in [4.78, 5) is 36.3. The molecule has 0 spiro atoms. The van der Waals surface area contributed by atoms with Crippen LogP contribution in [0.5, 0.6) is 0 Å². The number of nitrogens with one attached hydrogen (secondary N) is 2. The second-order valence-corrected chi connectivity index (χ2v) is 7.22. The quantitative estimate of drug-likeness (QED) is 0.606. The monoisotopic (exact) mass is 327 g/mol. The number of nitrogens with zero attached hydrogens (tertiary/aromatic N) is 1. The lowest BCUT2D eigenvalue weighted by Gasteiger charge is -2.30. The van der Waals surface area contributed by atoms with E-state index < -0.39 is 5.97 Å². The summed E-state index contributed by atoms with van der Waals surface area (Å²) in [5, 5.41) is 13.8. The minimum Gasteiger partial charge on any atom is -0.481 e. The Kier molecular flexibility index (Phi) is 7.48. The van der Waals surface area contributed by atoms with Gasteiger partial charge in [-0.2, -0.15) is 0 Å². The zero-order chi connectivity index (χ0) is 17.5. The van der Waals surface area contributed by atoms with Gasteiger partial charge in [0, 0.05) is 26.1 Å². The fourth-order valence-corrected chi connectivity index (χ4v) is 2.74. The Hall–Kier alpha value is -1.63. The van der Waals surface area contributed by atoms with E-state index in [4.69, 9.17) is 5.11 Å². The van der Waals surface area contributed by atoms with Crippen LogP contribution in [-0.4, -0.2) is 60.0 Å². The van der Waals surface area contributed by atoms with E-state index in [0.29, 0.717) is 0 Å². The highest BCUT2D eigenvalue weighted by molar-refractivity contribution is 5.83. The third kappa shape index (κ3) is 7.97. The van der Waals surface area contributed by atoms with Crippen LogP contribution in [0.4, 0.5) is 0 Å². The first-order valence-corrected chi connectivity index (χ1v) is 8.19. The van der Waals surface area contributed by atoms with Crippen molar-refractivity contribution in [2.75, 3.05) is 26.2 Å². The molecule has 1 rings (SSSR count). The van der Waals surface area contributed by atoms with Crippen LogP contribution in [0.1, 0.15) is 46.5 Å². The Morgan fingerprint density at radius 2 is 1.78 bits per heavy atom. The Labute approximate surface area is 137 Å². The molecule has 7 heteroatoms. The molecule has 1 fully saturated rings. The molecule has 1 heterocycles. The second-order valence-electron chi connectivity index (χ2n) is 7.22. The number of aliphatic carboxylic acids is 1. The number of rotatable bonds is 8. The first-order chi connectivity index (χ1) is 10.7. The van der Waals surface area contributed by atoms with Crippen LogP contribution in [0, 0.1) is 5.41 Å². The maximum atomic E-state index is 12.3. The number of likely N-dealkylation sites (tertiary alicyclic amines) is 1. The van der Waals surface area contributed by atoms with Crippen LogP contribution < -0.4 is 10.6 Å². The molecule has 1 unspecified atom stereocenters. The van der Waals surface area contributed by atoms with Crippen LogP contribution in [0.25, 0.3) is 0 Å². The fourth-order valence-electron chi connectivity index (χ4n) is 2.74. The average molecular weight is 327 g/mol. The van der Waals surface area contributed by atoms with Crippen molar-refractivity contribution in [1.82, 2.24) is 15.5 Å². The first-order valence-electron chi connectivity index (χ1n) is 8.19. The van der Waals surface area contributed by atoms with Crippen molar-refractivity contribution < 1.29 is 19.5 Å². The van der Waals surface area contributed by atoms with Crippen LogP contribution in [-0.2, 0) is 14.4 Å². The molecule has 0 aliphatic carbocycles.